The van der Waals surface area contributed by atoms with E-state index in [4.69, 9.17) is 10.00 Å². The lowest BCUT2D eigenvalue weighted by molar-refractivity contribution is -0.142. The van der Waals surface area contributed by atoms with Gasteiger partial charge in [-0.05, 0) is 36.1 Å². The maximum absolute atomic E-state index is 11.6. The molecule has 0 spiro atoms. The number of benzene rings is 1. The molecule has 18 heavy (non-hydrogen) atoms. The fourth-order valence-corrected chi connectivity index (χ4v) is 2.55. The predicted octanol–water partition coefficient (Wildman–Crippen LogP) is 3.12. The van der Waals surface area contributed by atoms with E-state index in [0.29, 0.717) is 17.5 Å². The smallest absolute Gasteiger partial charge is 0.310 e. The van der Waals surface area contributed by atoms with E-state index in [2.05, 4.69) is 22.0 Å². The predicted molar refractivity (Wildman–Crippen MR) is 73.5 cm³/mol. The van der Waals surface area contributed by atoms with Crippen LogP contribution in [-0.2, 0) is 27.7 Å². The number of ether oxygens (including phenoxy) is 1. The summed E-state index contributed by atoms with van der Waals surface area (Å²) in [5.74, 6) is -0.246. The number of esters is 1. The summed E-state index contributed by atoms with van der Waals surface area (Å²) >= 11 is 3.39. The molecule has 0 aliphatic carbocycles. The van der Waals surface area contributed by atoms with Crippen LogP contribution in [0.3, 0.4) is 0 Å². The third-order valence-corrected chi connectivity index (χ3v) is 3.35. The first kappa shape index (κ1) is 14.7. The highest BCUT2D eigenvalue weighted by Crippen LogP contribution is 2.23. The Bertz CT molecular complexity index is 477. The maximum Gasteiger partial charge on any atom is 0.310 e. The first-order valence-electron chi connectivity index (χ1n) is 5.93. The summed E-state index contributed by atoms with van der Waals surface area (Å²) in [5, 5.41) is 9.66. The standard InChI is InChI=1S/C14H16BrNO2/c1-3-10-5-6-11(9-16)13(8-15)12(10)7-14(17)18-4-2/h5-6H,3-4,7-8H2,1-2H3. The summed E-state index contributed by atoms with van der Waals surface area (Å²) in [4.78, 5) is 11.6. The van der Waals surface area contributed by atoms with Gasteiger partial charge < -0.3 is 4.74 Å². The molecule has 1 aromatic rings. The average molecular weight is 310 g/mol. The van der Waals surface area contributed by atoms with Crippen molar-refractivity contribution in [3.63, 3.8) is 0 Å². The molecule has 1 rings (SSSR count). The molecule has 0 aliphatic heterocycles. The van der Waals surface area contributed by atoms with Gasteiger partial charge in [-0.25, -0.2) is 0 Å². The molecule has 0 atom stereocenters. The number of hydrogen-bond donors (Lipinski definition) is 0. The van der Waals surface area contributed by atoms with Gasteiger partial charge in [0, 0.05) is 5.33 Å². The van der Waals surface area contributed by atoms with Crippen LogP contribution in [0.5, 0.6) is 0 Å². The number of alkyl halides is 1. The minimum atomic E-state index is -0.246. The SMILES string of the molecule is CCOC(=O)Cc1c(CC)ccc(C#N)c1CBr. The van der Waals surface area contributed by atoms with E-state index in [0.717, 1.165) is 23.1 Å². The maximum atomic E-state index is 11.6. The van der Waals surface area contributed by atoms with Crippen molar-refractivity contribution in [1.29, 1.82) is 5.26 Å². The molecule has 96 valence electrons. The Morgan fingerprint density at radius 3 is 2.61 bits per heavy atom. The molecule has 0 fully saturated rings. The second-order valence-electron chi connectivity index (χ2n) is 3.81. The van der Waals surface area contributed by atoms with E-state index in [1.165, 1.54) is 0 Å². The van der Waals surface area contributed by atoms with Gasteiger partial charge in [0.25, 0.3) is 0 Å². The summed E-state index contributed by atoms with van der Waals surface area (Å²) in [7, 11) is 0. The van der Waals surface area contributed by atoms with Gasteiger partial charge in [0.2, 0.25) is 0 Å². The molecule has 0 unspecified atom stereocenters. The fourth-order valence-electron chi connectivity index (χ4n) is 1.91. The van der Waals surface area contributed by atoms with E-state index in [1.54, 1.807) is 6.92 Å². The number of hydrogen-bond acceptors (Lipinski definition) is 3. The van der Waals surface area contributed by atoms with E-state index in [1.807, 2.05) is 19.1 Å². The molecule has 0 aliphatic rings. The summed E-state index contributed by atoms with van der Waals surface area (Å²) < 4.78 is 4.98. The number of halogens is 1. The van der Waals surface area contributed by atoms with Crippen molar-refractivity contribution in [2.75, 3.05) is 6.61 Å². The van der Waals surface area contributed by atoms with Crippen molar-refractivity contribution >= 4 is 21.9 Å². The molecular weight excluding hydrogens is 294 g/mol. The molecule has 0 saturated carbocycles. The molecule has 0 heterocycles. The van der Waals surface area contributed by atoms with Gasteiger partial charge in [0.15, 0.2) is 0 Å². The third-order valence-electron chi connectivity index (χ3n) is 2.79. The number of nitrogens with zero attached hydrogens (tertiary/aromatic N) is 1. The Morgan fingerprint density at radius 2 is 2.11 bits per heavy atom. The highest BCUT2D eigenvalue weighted by molar-refractivity contribution is 9.08. The first-order chi connectivity index (χ1) is 8.67. The van der Waals surface area contributed by atoms with Gasteiger partial charge in [-0.2, -0.15) is 5.26 Å². The Kier molecular flexibility index (Phi) is 5.87. The van der Waals surface area contributed by atoms with Crippen LogP contribution in [0, 0.1) is 11.3 Å². The zero-order valence-corrected chi connectivity index (χ0v) is 12.2. The van der Waals surface area contributed by atoms with Gasteiger partial charge in [0.1, 0.15) is 0 Å². The lowest BCUT2D eigenvalue weighted by Gasteiger charge is -2.13. The minimum Gasteiger partial charge on any atom is -0.466 e. The van der Waals surface area contributed by atoms with Crippen LogP contribution in [0.15, 0.2) is 12.1 Å². The van der Waals surface area contributed by atoms with Crippen LogP contribution < -0.4 is 0 Å². The Balaban J connectivity index is 3.20. The van der Waals surface area contributed by atoms with E-state index in [9.17, 15) is 4.79 Å². The van der Waals surface area contributed by atoms with Crippen molar-refractivity contribution in [1.82, 2.24) is 0 Å². The van der Waals surface area contributed by atoms with Gasteiger partial charge in [0.05, 0.1) is 24.7 Å². The second-order valence-corrected chi connectivity index (χ2v) is 4.37. The number of nitriles is 1. The average Bonchev–Trinajstić information content (AvgIpc) is 2.38. The Hall–Kier alpha value is -1.34. The Labute approximate surface area is 116 Å². The highest BCUT2D eigenvalue weighted by atomic mass is 79.9. The fraction of sp³-hybridized carbons (Fsp3) is 0.429. The molecular formula is C14H16BrNO2. The number of rotatable bonds is 5. The molecule has 0 amide bonds. The summed E-state index contributed by atoms with van der Waals surface area (Å²) in [6.45, 7) is 4.20. The normalized spacial score (nSPS) is 9.89. The van der Waals surface area contributed by atoms with Gasteiger partial charge in [-0.3, -0.25) is 4.79 Å². The van der Waals surface area contributed by atoms with Crippen LogP contribution in [0.1, 0.15) is 36.1 Å². The van der Waals surface area contributed by atoms with E-state index >= 15 is 0 Å². The second kappa shape index (κ2) is 7.17. The highest BCUT2D eigenvalue weighted by Gasteiger charge is 2.15. The molecule has 4 heteroatoms. The molecule has 0 aromatic heterocycles. The van der Waals surface area contributed by atoms with Gasteiger partial charge >= 0.3 is 5.97 Å². The summed E-state index contributed by atoms with van der Waals surface area (Å²) in [6.07, 6.45) is 1.06. The van der Waals surface area contributed by atoms with Crippen LogP contribution in [0.4, 0.5) is 0 Å². The summed E-state index contributed by atoms with van der Waals surface area (Å²) in [6, 6.07) is 5.89. The molecule has 1 aromatic carbocycles. The molecule has 3 nitrogen and oxygen atoms in total. The van der Waals surface area contributed by atoms with Crippen molar-refractivity contribution in [3.05, 3.63) is 34.4 Å². The number of aryl methyl sites for hydroxylation is 1. The molecule has 0 saturated heterocycles. The van der Waals surface area contributed by atoms with Crippen LogP contribution in [-0.4, -0.2) is 12.6 Å². The summed E-state index contributed by atoms with van der Waals surface area (Å²) in [5.41, 5.74) is 3.52. The third kappa shape index (κ3) is 3.33. The zero-order valence-electron chi connectivity index (χ0n) is 10.6. The minimum absolute atomic E-state index is 0.230. The number of carbonyl (C=O) groups is 1. The van der Waals surface area contributed by atoms with Crippen molar-refractivity contribution < 1.29 is 9.53 Å². The van der Waals surface area contributed by atoms with Gasteiger partial charge in [-0.1, -0.05) is 28.9 Å². The van der Waals surface area contributed by atoms with Crippen LogP contribution in [0.25, 0.3) is 0 Å². The quantitative estimate of drug-likeness (QED) is 0.620. The lowest BCUT2D eigenvalue weighted by Crippen LogP contribution is -2.12. The largest absolute Gasteiger partial charge is 0.466 e. The number of carbonyl (C=O) groups excluding carboxylic acids is 1. The lowest BCUT2D eigenvalue weighted by atomic mass is 9.94. The van der Waals surface area contributed by atoms with Crippen molar-refractivity contribution in [2.45, 2.75) is 32.0 Å². The zero-order chi connectivity index (χ0) is 13.5. The Morgan fingerprint density at radius 1 is 1.39 bits per heavy atom. The molecule has 0 radical (unpaired) electrons. The molecule has 0 N–H and O–H groups in total. The van der Waals surface area contributed by atoms with Gasteiger partial charge in [-0.15, -0.1) is 0 Å². The topological polar surface area (TPSA) is 50.1 Å². The van der Waals surface area contributed by atoms with Crippen LogP contribution >= 0.6 is 15.9 Å². The molecule has 0 bridgehead atoms. The van der Waals surface area contributed by atoms with Crippen LogP contribution in [0.2, 0.25) is 0 Å². The monoisotopic (exact) mass is 309 g/mol. The van der Waals surface area contributed by atoms with Crippen molar-refractivity contribution in [2.24, 2.45) is 0 Å². The first-order valence-corrected chi connectivity index (χ1v) is 7.05. The van der Waals surface area contributed by atoms with E-state index < -0.39 is 0 Å². The van der Waals surface area contributed by atoms with E-state index in [-0.39, 0.29) is 12.4 Å². The van der Waals surface area contributed by atoms with Crippen molar-refractivity contribution in [3.8, 4) is 6.07 Å².